The van der Waals surface area contributed by atoms with Crippen molar-refractivity contribution in [3.8, 4) is 11.5 Å². The Kier molecular flexibility index (Phi) is 4.85. The molecule has 6 nitrogen and oxygen atoms in total. The van der Waals surface area contributed by atoms with Crippen LogP contribution in [0.4, 0.5) is 5.82 Å². The van der Waals surface area contributed by atoms with Gasteiger partial charge in [-0.15, -0.1) is 0 Å². The number of carbonyl (C=O) groups is 1. The van der Waals surface area contributed by atoms with E-state index in [0.29, 0.717) is 30.2 Å². The second kappa shape index (κ2) is 7.44. The molecule has 0 spiro atoms. The van der Waals surface area contributed by atoms with Crippen molar-refractivity contribution in [2.45, 2.75) is 0 Å². The molecule has 1 aromatic heterocycles. The summed E-state index contributed by atoms with van der Waals surface area (Å²) in [4.78, 5) is 17.0. The number of amides is 1. The lowest BCUT2D eigenvalue weighted by molar-refractivity contribution is 0.0746. The van der Waals surface area contributed by atoms with Crippen molar-refractivity contribution in [3.05, 3.63) is 48.0 Å². The molecule has 27 heavy (non-hydrogen) atoms. The van der Waals surface area contributed by atoms with Crippen molar-refractivity contribution in [1.82, 2.24) is 9.27 Å². The number of hydrogen-bond acceptors (Lipinski definition) is 6. The molecule has 0 unspecified atom stereocenters. The van der Waals surface area contributed by atoms with E-state index >= 15 is 0 Å². The van der Waals surface area contributed by atoms with Crippen LogP contribution in [0.3, 0.4) is 0 Å². The van der Waals surface area contributed by atoms with Gasteiger partial charge in [-0.25, -0.2) is 0 Å². The van der Waals surface area contributed by atoms with E-state index in [1.165, 1.54) is 21.6 Å². The molecule has 0 radical (unpaired) electrons. The third-order valence-corrected chi connectivity index (χ3v) is 5.67. The number of methoxy groups -OCH3 is 2. The molecule has 0 atom stereocenters. The lowest BCUT2D eigenvalue weighted by Gasteiger charge is -2.35. The number of anilines is 1. The molecule has 2 aromatic carbocycles. The lowest BCUT2D eigenvalue weighted by Crippen LogP contribution is -2.49. The Balaban J connectivity index is 1.47. The van der Waals surface area contributed by atoms with Crippen molar-refractivity contribution in [2.24, 2.45) is 0 Å². The average molecular weight is 383 g/mol. The van der Waals surface area contributed by atoms with Crippen molar-refractivity contribution in [1.29, 1.82) is 0 Å². The Labute approximate surface area is 162 Å². The lowest BCUT2D eigenvalue weighted by atomic mass is 10.1. The van der Waals surface area contributed by atoms with Gasteiger partial charge in [-0.3, -0.25) is 4.79 Å². The maximum atomic E-state index is 12.9. The number of ether oxygens (including phenoxy) is 2. The van der Waals surface area contributed by atoms with Gasteiger partial charge in [0.2, 0.25) is 0 Å². The van der Waals surface area contributed by atoms with E-state index in [4.69, 9.17) is 9.47 Å². The van der Waals surface area contributed by atoms with Crippen LogP contribution >= 0.6 is 11.5 Å². The van der Waals surface area contributed by atoms with Crippen LogP contribution in [0.5, 0.6) is 11.5 Å². The fourth-order valence-electron chi connectivity index (χ4n) is 3.37. The summed E-state index contributed by atoms with van der Waals surface area (Å²) in [5, 5.41) is 1.18. The molecule has 1 aliphatic heterocycles. The number of fused-ring (bicyclic) bond motifs is 1. The molecule has 1 aliphatic rings. The first-order valence-corrected chi connectivity index (χ1v) is 9.59. The molecule has 1 fully saturated rings. The van der Waals surface area contributed by atoms with E-state index in [1.54, 1.807) is 32.4 Å². The summed E-state index contributed by atoms with van der Waals surface area (Å²) in [7, 11) is 3.16. The zero-order chi connectivity index (χ0) is 18.8. The first kappa shape index (κ1) is 17.6. The molecule has 0 saturated carbocycles. The van der Waals surface area contributed by atoms with Gasteiger partial charge in [0.25, 0.3) is 5.91 Å². The molecule has 0 aliphatic carbocycles. The molecule has 4 rings (SSSR count). The third kappa shape index (κ3) is 3.30. The molecule has 1 amide bonds. The van der Waals surface area contributed by atoms with Crippen LogP contribution in [0.15, 0.2) is 42.5 Å². The number of benzene rings is 2. The predicted molar refractivity (Wildman–Crippen MR) is 107 cm³/mol. The number of carbonyl (C=O) groups excluding carboxylic acids is 1. The third-order valence-electron chi connectivity index (χ3n) is 4.86. The first-order chi connectivity index (χ1) is 13.2. The zero-order valence-corrected chi connectivity index (χ0v) is 16.2. The van der Waals surface area contributed by atoms with Gasteiger partial charge in [-0.1, -0.05) is 12.1 Å². The summed E-state index contributed by atoms with van der Waals surface area (Å²) in [5.41, 5.74) is 0.611. The Morgan fingerprint density at radius 2 is 1.74 bits per heavy atom. The summed E-state index contributed by atoms with van der Waals surface area (Å²) in [6.07, 6.45) is 0. The number of aromatic nitrogens is 1. The van der Waals surface area contributed by atoms with E-state index < -0.39 is 0 Å². The minimum absolute atomic E-state index is 0.0127. The Bertz CT molecular complexity index is 964. The minimum atomic E-state index is 0.0127. The topological polar surface area (TPSA) is 54.9 Å². The monoisotopic (exact) mass is 383 g/mol. The number of nitrogens with zero attached hydrogens (tertiary/aromatic N) is 3. The highest BCUT2D eigenvalue weighted by atomic mass is 32.1. The predicted octanol–water partition coefficient (Wildman–Crippen LogP) is 3.28. The molecule has 2 heterocycles. The van der Waals surface area contributed by atoms with Gasteiger partial charge >= 0.3 is 0 Å². The van der Waals surface area contributed by atoms with Crippen LogP contribution in [0, 0.1) is 0 Å². The maximum absolute atomic E-state index is 12.9. The first-order valence-electron chi connectivity index (χ1n) is 8.82. The smallest absolute Gasteiger partial charge is 0.254 e. The van der Waals surface area contributed by atoms with Crippen LogP contribution in [0.1, 0.15) is 10.4 Å². The summed E-state index contributed by atoms with van der Waals surface area (Å²) >= 11 is 1.52. The second-order valence-electron chi connectivity index (χ2n) is 6.35. The molecular formula is C20H21N3O3S. The Morgan fingerprint density at radius 3 is 2.48 bits per heavy atom. The summed E-state index contributed by atoms with van der Waals surface area (Å²) in [6.45, 7) is 2.87. The number of piperazine rings is 1. The minimum Gasteiger partial charge on any atom is -0.493 e. The number of hydrogen-bond donors (Lipinski definition) is 0. The normalized spacial score (nSPS) is 14.4. The summed E-state index contributed by atoms with van der Waals surface area (Å²) in [6, 6.07) is 13.6. The van der Waals surface area contributed by atoms with Gasteiger partial charge in [0, 0.05) is 37.1 Å². The van der Waals surface area contributed by atoms with E-state index in [2.05, 4.69) is 21.4 Å². The largest absolute Gasteiger partial charge is 0.493 e. The fourth-order valence-corrected chi connectivity index (χ4v) is 4.17. The molecule has 0 bridgehead atoms. The molecule has 7 heteroatoms. The fraction of sp³-hybridized carbons (Fsp3) is 0.300. The SMILES string of the molecule is COc1ccc(C(=O)N2CCN(c3nsc4ccccc34)CC2)cc1OC. The molecule has 0 N–H and O–H groups in total. The van der Waals surface area contributed by atoms with Gasteiger partial charge in [-0.05, 0) is 41.9 Å². The second-order valence-corrected chi connectivity index (χ2v) is 7.16. The molecule has 1 saturated heterocycles. The maximum Gasteiger partial charge on any atom is 0.254 e. The molecule has 3 aromatic rings. The van der Waals surface area contributed by atoms with Crippen LogP contribution in [0.25, 0.3) is 10.1 Å². The standard InChI is InChI=1S/C20H21N3O3S/c1-25-16-8-7-14(13-17(16)26-2)20(24)23-11-9-22(10-12-23)19-15-5-3-4-6-18(15)27-21-19/h3-8,13H,9-12H2,1-2H3. The molecular weight excluding hydrogens is 362 g/mol. The van der Waals surface area contributed by atoms with Crippen molar-refractivity contribution in [3.63, 3.8) is 0 Å². The number of rotatable bonds is 4. The highest BCUT2D eigenvalue weighted by Crippen LogP contribution is 2.31. The van der Waals surface area contributed by atoms with E-state index in [0.717, 1.165) is 18.9 Å². The quantitative estimate of drug-likeness (QED) is 0.692. The van der Waals surface area contributed by atoms with Gasteiger partial charge in [0.05, 0.1) is 18.9 Å². The van der Waals surface area contributed by atoms with Gasteiger partial charge in [0.15, 0.2) is 11.5 Å². The van der Waals surface area contributed by atoms with Crippen molar-refractivity contribution >= 4 is 33.3 Å². The van der Waals surface area contributed by atoms with Gasteiger partial charge in [0.1, 0.15) is 5.82 Å². The Hall–Kier alpha value is -2.80. The Morgan fingerprint density at radius 1 is 1.00 bits per heavy atom. The van der Waals surface area contributed by atoms with Gasteiger partial charge < -0.3 is 19.3 Å². The van der Waals surface area contributed by atoms with Crippen LogP contribution < -0.4 is 14.4 Å². The highest BCUT2D eigenvalue weighted by molar-refractivity contribution is 7.13. The van der Waals surface area contributed by atoms with Crippen molar-refractivity contribution in [2.75, 3.05) is 45.3 Å². The van der Waals surface area contributed by atoms with Crippen LogP contribution in [-0.2, 0) is 0 Å². The molecule has 140 valence electrons. The van der Waals surface area contributed by atoms with E-state index in [-0.39, 0.29) is 5.91 Å². The average Bonchev–Trinajstić information content (AvgIpc) is 3.17. The zero-order valence-electron chi connectivity index (χ0n) is 15.3. The van der Waals surface area contributed by atoms with E-state index in [9.17, 15) is 4.79 Å². The van der Waals surface area contributed by atoms with Crippen LogP contribution in [0.2, 0.25) is 0 Å². The highest BCUT2D eigenvalue weighted by Gasteiger charge is 2.25. The van der Waals surface area contributed by atoms with E-state index in [1.807, 2.05) is 17.0 Å². The summed E-state index contributed by atoms with van der Waals surface area (Å²) in [5.74, 6) is 2.22. The van der Waals surface area contributed by atoms with Gasteiger partial charge in [-0.2, -0.15) is 4.37 Å². The summed E-state index contributed by atoms with van der Waals surface area (Å²) < 4.78 is 16.4. The van der Waals surface area contributed by atoms with Crippen molar-refractivity contribution < 1.29 is 14.3 Å². The van der Waals surface area contributed by atoms with Crippen LogP contribution in [-0.4, -0.2) is 55.6 Å².